The SMILES string of the molecule is CC1=C(C(=O)OC(C)C)C(c2ccc(C)cc2)n2c(sc(=Cc3ccc(N(C)C)cc3)c2=O)=N1. The van der Waals surface area contributed by atoms with Crippen LogP contribution >= 0.6 is 11.3 Å². The molecule has 6 nitrogen and oxygen atoms in total. The number of carbonyl (C=O) groups is 1. The van der Waals surface area contributed by atoms with Crippen molar-refractivity contribution in [3.63, 3.8) is 0 Å². The maximum Gasteiger partial charge on any atom is 0.338 e. The van der Waals surface area contributed by atoms with E-state index in [1.54, 1.807) is 11.5 Å². The lowest BCUT2D eigenvalue weighted by Crippen LogP contribution is -2.40. The Morgan fingerprint density at radius 2 is 1.74 bits per heavy atom. The number of ether oxygens (including phenoxy) is 1. The molecule has 4 rings (SSSR count). The highest BCUT2D eigenvalue weighted by Gasteiger charge is 2.33. The van der Waals surface area contributed by atoms with E-state index in [1.807, 2.05) is 94.4 Å². The van der Waals surface area contributed by atoms with Gasteiger partial charge >= 0.3 is 5.97 Å². The Labute approximate surface area is 203 Å². The molecule has 0 fully saturated rings. The first-order chi connectivity index (χ1) is 16.2. The van der Waals surface area contributed by atoms with E-state index in [1.165, 1.54) is 11.3 Å². The highest BCUT2D eigenvalue weighted by Crippen LogP contribution is 2.31. The molecule has 0 radical (unpaired) electrons. The molecule has 7 heteroatoms. The molecule has 1 aromatic heterocycles. The normalized spacial score (nSPS) is 15.9. The lowest BCUT2D eigenvalue weighted by Gasteiger charge is -2.25. The first-order valence-electron chi connectivity index (χ1n) is 11.2. The summed E-state index contributed by atoms with van der Waals surface area (Å²) >= 11 is 1.33. The van der Waals surface area contributed by atoms with E-state index in [-0.39, 0.29) is 11.7 Å². The number of aromatic nitrogens is 1. The van der Waals surface area contributed by atoms with Crippen LogP contribution < -0.4 is 19.8 Å². The number of allylic oxidation sites excluding steroid dienone is 1. The fourth-order valence-corrected chi connectivity index (χ4v) is 4.99. The Morgan fingerprint density at radius 3 is 2.32 bits per heavy atom. The number of anilines is 1. The molecule has 0 N–H and O–H groups in total. The van der Waals surface area contributed by atoms with Crippen LogP contribution in [-0.4, -0.2) is 30.7 Å². The van der Waals surface area contributed by atoms with Crippen LogP contribution in [0.2, 0.25) is 0 Å². The van der Waals surface area contributed by atoms with Gasteiger partial charge in [0, 0.05) is 19.8 Å². The molecule has 0 aliphatic carbocycles. The average molecular weight is 476 g/mol. The molecule has 1 aliphatic heterocycles. The monoisotopic (exact) mass is 475 g/mol. The molecule has 34 heavy (non-hydrogen) atoms. The number of carbonyl (C=O) groups excluding carboxylic acids is 1. The molecule has 1 aliphatic rings. The summed E-state index contributed by atoms with van der Waals surface area (Å²) in [5, 5.41) is 0. The Hall–Kier alpha value is -3.45. The zero-order valence-corrected chi connectivity index (χ0v) is 21.1. The Kier molecular flexibility index (Phi) is 6.57. The number of aryl methyl sites for hydroxylation is 1. The van der Waals surface area contributed by atoms with Crippen LogP contribution in [0.15, 0.2) is 69.6 Å². The number of esters is 1. The summed E-state index contributed by atoms with van der Waals surface area (Å²) in [6.45, 7) is 7.43. The summed E-state index contributed by atoms with van der Waals surface area (Å²) < 4.78 is 7.74. The summed E-state index contributed by atoms with van der Waals surface area (Å²) in [6, 6.07) is 15.3. The van der Waals surface area contributed by atoms with Crippen LogP contribution in [0.4, 0.5) is 5.69 Å². The standard InChI is InChI=1S/C27H29N3O3S/c1-16(2)33-26(32)23-18(4)28-27-30(24(23)20-11-7-17(3)8-12-20)25(31)22(34-27)15-19-9-13-21(14-10-19)29(5)6/h7-16,24H,1-6H3. The molecule has 3 aromatic rings. The van der Waals surface area contributed by atoms with Crippen molar-refractivity contribution in [2.45, 2.75) is 39.8 Å². The van der Waals surface area contributed by atoms with Crippen molar-refractivity contribution in [2.24, 2.45) is 4.99 Å². The summed E-state index contributed by atoms with van der Waals surface area (Å²) in [7, 11) is 3.98. The molecule has 2 aromatic carbocycles. The highest BCUT2D eigenvalue weighted by molar-refractivity contribution is 7.07. The summed E-state index contributed by atoms with van der Waals surface area (Å²) in [4.78, 5) is 34.0. The molecule has 0 saturated heterocycles. The van der Waals surface area contributed by atoms with Gasteiger partial charge in [-0.15, -0.1) is 0 Å². The van der Waals surface area contributed by atoms with Crippen LogP contribution in [0.3, 0.4) is 0 Å². The van der Waals surface area contributed by atoms with Crippen molar-refractivity contribution < 1.29 is 9.53 Å². The molecule has 0 bridgehead atoms. The number of hydrogen-bond donors (Lipinski definition) is 0. The van der Waals surface area contributed by atoms with Gasteiger partial charge in [0.2, 0.25) is 0 Å². The number of rotatable bonds is 5. The van der Waals surface area contributed by atoms with Gasteiger partial charge in [-0.2, -0.15) is 0 Å². The number of nitrogens with zero attached hydrogens (tertiary/aromatic N) is 3. The van der Waals surface area contributed by atoms with E-state index in [4.69, 9.17) is 4.74 Å². The molecule has 0 saturated carbocycles. The quantitative estimate of drug-likeness (QED) is 0.530. The van der Waals surface area contributed by atoms with Crippen LogP contribution in [0, 0.1) is 6.92 Å². The van der Waals surface area contributed by atoms with Gasteiger partial charge in [0.05, 0.1) is 27.9 Å². The van der Waals surface area contributed by atoms with Crippen molar-refractivity contribution in [1.82, 2.24) is 4.57 Å². The van der Waals surface area contributed by atoms with Crippen molar-refractivity contribution in [3.8, 4) is 0 Å². The maximum atomic E-state index is 13.6. The minimum absolute atomic E-state index is 0.173. The smallest absolute Gasteiger partial charge is 0.338 e. The molecule has 0 spiro atoms. The fourth-order valence-electron chi connectivity index (χ4n) is 3.94. The predicted octanol–water partition coefficient (Wildman–Crippen LogP) is 3.56. The minimum atomic E-state index is -0.596. The Morgan fingerprint density at radius 1 is 1.09 bits per heavy atom. The zero-order valence-electron chi connectivity index (χ0n) is 20.3. The third-order valence-corrected chi connectivity index (χ3v) is 6.67. The van der Waals surface area contributed by atoms with Gasteiger partial charge in [-0.1, -0.05) is 53.3 Å². The lowest BCUT2D eigenvalue weighted by molar-refractivity contribution is -0.143. The topological polar surface area (TPSA) is 63.9 Å². The fraction of sp³-hybridized carbons (Fsp3) is 0.296. The van der Waals surface area contributed by atoms with Gasteiger partial charge in [0.1, 0.15) is 0 Å². The van der Waals surface area contributed by atoms with Gasteiger partial charge in [-0.05, 0) is 57.0 Å². The van der Waals surface area contributed by atoms with Gasteiger partial charge in [0.15, 0.2) is 4.80 Å². The largest absolute Gasteiger partial charge is 0.459 e. The first-order valence-corrected chi connectivity index (χ1v) is 12.0. The van der Waals surface area contributed by atoms with Gasteiger partial charge in [-0.25, -0.2) is 9.79 Å². The minimum Gasteiger partial charge on any atom is -0.459 e. The number of fused-ring (bicyclic) bond motifs is 1. The van der Waals surface area contributed by atoms with Crippen molar-refractivity contribution >= 4 is 29.1 Å². The van der Waals surface area contributed by atoms with E-state index < -0.39 is 12.0 Å². The third kappa shape index (κ3) is 4.61. The summed E-state index contributed by atoms with van der Waals surface area (Å²) in [5.74, 6) is -0.449. The number of benzene rings is 2. The zero-order chi connectivity index (χ0) is 24.6. The Balaban J connectivity index is 1.89. The van der Waals surface area contributed by atoms with Gasteiger partial charge in [-0.3, -0.25) is 9.36 Å². The lowest BCUT2D eigenvalue weighted by atomic mass is 9.95. The van der Waals surface area contributed by atoms with Crippen LogP contribution in [0.25, 0.3) is 6.08 Å². The van der Waals surface area contributed by atoms with Crippen molar-refractivity contribution in [3.05, 3.63) is 96.2 Å². The average Bonchev–Trinajstić information content (AvgIpc) is 3.07. The summed E-state index contributed by atoms with van der Waals surface area (Å²) in [5.41, 5.74) is 4.75. The van der Waals surface area contributed by atoms with Crippen molar-refractivity contribution in [2.75, 3.05) is 19.0 Å². The van der Waals surface area contributed by atoms with E-state index in [0.29, 0.717) is 20.6 Å². The van der Waals surface area contributed by atoms with E-state index in [0.717, 1.165) is 22.4 Å². The van der Waals surface area contributed by atoms with E-state index in [9.17, 15) is 9.59 Å². The molecule has 1 unspecified atom stereocenters. The van der Waals surface area contributed by atoms with Crippen LogP contribution in [0.1, 0.15) is 43.5 Å². The predicted molar refractivity (Wildman–Crippen MR) is 137 cm³/mol. The van der Waals surface area contributed by atoms with Crippen LogP contribution in [-0.2, 0) is 9.53 Å². The third-order valence-electron chi connectivity index (χ3n) is 5.68. The number of thiazole rings is 1. The summed E-state index contributed by atoms with van der Waals surface area (Å²) in [6.07, 6.45) is 1.60. The second kappa shape index (κ2) is 9.43. The van der Waals surface area contributed by atoms with Gasteiger partial charge in [0.25, 0.3) is 5.56 Å². The van der Waals surface area contributed by atoms with Crippen molar-refractivity contribution in [1.29, 1.82) is 0 Å². The van der Waals surface area contributed by atoms with Gasteiger partial charge < -0.3 is 9.64 Å². The molecule has 1 atom stereocenters. The van der Waals surface area contributed by atoms with Crippen LogP contribution in [0.5, 0.6) is 0 Å². The molecule has 2 heterocycles. The molecule has 176 valence electrons. The van der Waals surface area contributed by atoms with E-state index >= 15 is 0 Å². The highest BCUT2D eigenvalue weighted by atomic mass is 32.1. The molecular formula is C27H29N3O3S. The first kappa shape index (κ1) is 23.7. The molecule has 0 amide bonds. The van der Waals surface area contributed by atoms with E-state index in [2.05, 4.69) is 4.99 Å². The maximum absolute atomic E-state index is 13.6. The number of hydrogen-bond acceptors (Lipinski definition) is 6. The Bertz CT molecular complexity index is 1430. The second-order valence-electron chi connectivity index (χ2n) is 8.93. The second-order valence-corrected chi connectivity index (χ2v) is 9.94. The molecular weight excluding hydrogens is 446 g/mol.